The summed E-state index contributed by atoms with van der Waals surface area (Å²) in [6.45, 7) is 5.95. The fourth-order valence-corrected chi connectivity index (χ4v) is 1.72. The van der Waals surface area contributed by atoms with Gasteiger partial charge in [0, 0.05) is 25.2 Å². The number of benzene rings is 1. The van der Waals surface area contributed by atoms with Crippen LogP contribution >= 0.6 is 39.9 Å². The van der Waals surface area contributed by atoms with Gasteiger partial charge in [-0.2, -0.15) is 0 Å². The first-order chi connectivity index (χ1) is 9.96. The number of methoxy groups -OCH3 is 1. The van der Waals surface area contributed by atoms with Crippen molar-refractivity contribution in [1.29, 1.82) is 0 Å². The molecule has 0 saturated carbocycles. The number of halogens is 2. The molecule has 0 aliphatic heterocycles. The van der Waals surface area contributed by atoms with Crippen LogP contribution < -0.4 is 15.4 Å². The van der Waals surface area contributed by atoms with Crippen molar-refractivity contribution in [2.24, 2.45) is 4.99 Å². The molecule has 7 heteroatoms. The largest absolute Gasteiger partial charge is 0.492 e. The van der Waals surface area contributed by atoms with E-state index in [2.05, 4.69) is 31.6 Å². The third-order valence-corrected chi connectivity index (χ3v) is 3.46. The number of aliphatic imine (C=N–C) groups is 1. The molecule has 0 bridgehead atoms. The molecule has 2 N–H and O–H groups in total. The molecule has 126 valence electrons. The molecule has 0 unspecified atom stereocenters. The lowest BCUT2D eigenvalue weighted by atomic mass is 10.1. The second kappa shape index (κ2) is 11.1. The van der Waals surface area contributed by atoms with Crippen LogP contribution in [0.15, 0.2) is 33.7 Å². The van der Waals surface area contributed by atoms with E-state index in [1.54, 1.807) is 14.2 Å². The SMILES string of the molecule is CN=C(NCCOc1ccc(Br)cc1)NCC(C)(C)OC.I. The van der Waals surface area contributed by atoms with E-state index in [0.717, 1.165) is 16.2 Å². The van der Waals surface area contributed by atoms with Crippen molar-refractivity contribution in [3.63, 3.8) is 0 Å². The third kappa shape index (κ3) is 8.79. The van der Waals surface area contributed by atoms with Gasteiger partial charge in [0.25, 0.3) is 0 Å². The van der Waals surface area contributed by atoms with Gasteiger partial charge in [0.15, 0.2) is 5.96 Å². The van der Waals surface area contributed by atoms with Gasteiger partial charge < -0.3 is 20.1 Å². The van der Waals surface area contributed by atoms with Gasteiger partial charge in [-0.1, -0.05) is 15.9 Å². The normalized spacial score (nSPS) is 11.6. The Hall–Kier alpha value is -0.540. The molecule has 1 rings (SSSR count). The zero-order valence-electron chi connectivity index (χ0n) is 13.5. The molecular formula is C15H25BrIN3O2. The van der Waals surface area contributed by atoms with Gasteiger partial charge in [-0.05, 0) is 38.1 Å². The highest BCUT2D eigenvalue weighted by Crippen LogP contribution is 2.15. The summed E-state index contributed by atoms with van der Waals surface area (Å²) in [5, 5.41) is 6.42. The smallest absolute Gasteiger partial charge is 0.191 e. The van der Waals surface area contributed by atoms with Crippen LogP contribution in [0.4, 0.5) is 0 Å². The van der Waals surface area contributed by atoms with E-state index < -0.39 is 0 Å². The maximum Gasteiger partial charge on any atom is 0.191 e. The lowest BCUT2D eigenvalue weighted by Crippen LogP contribution is -2.46. The van der Waals surface area contributed by atoms with Crippen molar-refractivity contribution in [3.05, 3.63) is 28.7 Å². The minimum atomic E-state index is -0.231. The van der Waals surface area contributed by atoms with Crippen LogP contribution in [0.3, 0.4) is 0 Å². The molecule has 5 nitrogen and oxygen atoms in total. The Kier molecular flexibility index (Phi) is 10.8. The molecule has 0 radical (unpaired) electrons. The Morgan fingerprint density at radius 3 is 2.41 bits per heavy atom. The summed E-state index contributed by atoms with van der Waals surface area (Å²) < 4.78 is 12.0. The molecule has 0 fully saturated rings. The molecule has 0 spiro atoms. The van der Waals surface area contributed by atoms with E-state index in [4.69, 9.17) is 9.47 Å². The Morgan fingerprint density at radius 1 is 1.23 bits per heavy atom. The van der Waals surface area contributed by atoms with Crippen molar-refractivity contribution in [3.8, 4) is 5.75 Å². The average Bonchev–Trinajstić information content (AvgIpc) is 2.48. The van der Waals surface area contributed by atoms with Crippen LogP contribution in [0.25, 0.3) is 0 Å². The number of hydrogen-bond acceptors (Lipinski definition) is 3. The van der Waals surface area contributed by atoms with E-state index in [1.165, 1.54) is 0 Å². The molecule has 0 aliphatic rings. The van der Waals surface area contributed by atoms with Crippen molar-refractivity contribution in [2.45, 2.75) is 19.4 Å². The minimum Gasteiger partial charge on any atom is -0.492 e. The van der Waals surface area contributed by atoms with Crippen molar-refractivity contribution >= 4 is 45.9 Å². The van der Waals surface area contributed by atoms with Gasteiger partial charge in [-0.25, -0.2) is 0 Å². The maximum atomic E-state index is 5.63. The highest BCUT2D eigenvalue weighted by Gasteiger charge is 2.16. The summed E-state index contributed by atoms with van der Waals surface area (Å²) in [6.07, 6.45) is 0. The Labute approximate surface area is 158 Å². The highest BCUT2D eigenvalue weighted by atomic mass is 127. The molecule has 0 aliphatic carbocycles. The predicted octanol–water partition coefficient (Wildman–Crippen LogP) is 3.04. The summed E-state index contributed by atoms with van der Waals surface area (Å²) in [7, 11) is 3.44. The monoisotopic (exact) mass is 485 g/mol. The van der Waals surface area contributed by atoms with Gasteiger partial charge in [-0.15, -0.1) is 24.0 Å². The Bertz CT molecular complexity index is 453. The van der Waals surface area contributed by atoms with Crippen LogP contribution in [-0.2, 0) is 4.74 Å². The Morgan fingerprint density at radius 2 is 1.86 bits per heavy atom. The van der Waals surface area contributed by atoms with Crippen molar-refractivity contribution in [1.82, 2.24) is 10.6 Å². The summed E-state index contributed by atoms with van der Waals surface area (Å²) in [5.74, 6) is 1.59. The summed E-state index contributed by atoms with van der Waals surface area (Å²) >= 11 is 3.39. The maximum absolute atomic E-state index is 5.63. The average molecular weight is 486 g/mol. The molecule has 0 saturated heterocycles. The van der Waals surface area contributed by atoms with Gasteiger partial charge >= 0.3 is 0 Å². The fourth-order valence-electron chi connectivity index (χ4n) is 1.46. The lowest BCUT2D eigenvalue weighted by molar-refractivity contribution is 0.0268. The number of hydrogen-bond donors (Lipinski definition) is 2. The predicted molar refractivity (Wildman–Crippen MR) is 106 cm³/mol. The number of nitrogens with zero attached hydrogens (tertiary/aromatic N) is 1. The third-order valence-electron chi connectivity index (χ3n) is 2.93. The molecule has 1 aromatic rings. The number of guanidine groups is 1. The molecule has 1 aromatic carbocycles. The number of rotatable bonds is 7. The summed E-state index contributed by atoms with van der Waals surface area (Å²) in [6, 6.07) is 7.77. The second-order valence-electron chi connectivity index (χ2n) is 5.12. The van der Waals surface area contributed by atoms with Crippen LogP contribution in [-0.4, -0.2) is 45.4 Å². The number of ether oxygens (including phenoxy) is 2. The van der Waals surface area contributed by atoms with Gasteiger partial charge in [-0.3, -0.25) is 4.99 Å². The molecule has 0 atom stereocenters. The first-order valence-corrected chi connectivity index (χ1v) is 7.64. The van der Waals surface area contributed by atoms with Crippen LogP contribution in [0, 0.1) is 0 Å². The van der Waals surface area contributed by atoms with Crippen LogP contribution in [0.1, 0.15) is 13.8 Å². The highest BCUT2D eigenvalue weighted by molar-refractivity contribution is 14.0. The molecule has 22 heavy (non-hydrogen) atoms. The van der Waals surface area contributed by atoms with E-state index in [9.17, 15) is 0 Å². The van der Waals surface area contributed by atoms with Gasteiger partial charge in [0.05, 0.1) is 12.1 Å². The summed E-state index contributed by atoms with van der Waals surface area (Å²) in [4.78, 5) is 4.16. The standard InChI is InChI=1S/C15H24BrN3O2.HI/c1-15(2,20-4)11-19-14(17-3)18-9-10-21-13-7-5-12(16)6-8-13;/h5-8H,9-11H2,1-4H3,(H2,17,18,19);1H. The zero-order valence-corrected chi connectivity index (χ0v) is 17.4. The first kappa shape index (κ1) is 21.5. The fraction of sp³-hybridized carbons (Fsp3) is 0.533. The Balaban J connectivity index is 0.00000441. The van der Waals surface area contributed by atoms with E-state index in [0.29, 0.717) is 19.7 Å². The van der Waals surface area contributed by atoms with Crippen LogP contribution in [0.2, 0.25) is 0 Å². The minimum absolute atomic E-state index is 0. The first-order valence-electron chi connectivity index (χ1n) is 6.85. The zero-order chi connectivity index (χ0) is 15.7. The summed E-state index contributed by atoms with van der Waals surface area (Å²) in [5.41, 5.74) is -0.231. The molecule has 0 aromatic heterocycles. The molecule has 0 heterocycles. The van der Waals surface area contributed by atoms with Gasteiger partial charge in [0.2, 0.25) is 0 Å². The number of nitrogens with one attached hydrogen (secondary N) is 2. The van der Waals surface area contributed by atoms with Gasteiger partial charge in [0.1, 0.15) is 12.4 Å². The lowest BCUT2D eigenvalue weighted by Gasteiger charge is -2.24. The topological polar surface area (TPSA) is 54.9 Å². The molecule has 0 amide bonds. The van der Waals surface area contributed by atoms with E-state index in [-0.39, 0.29) is 29.6 Å². The molecular weight excluding hydrogens is 461 g/mol. The van der Waals surface area contributed by atoms with E-state index >= 15 is 0 Å². The quantitative estimate of drug-likeness (QED) is 0.270. The second-order valence-corrected chi connectivity index (χ2v) is 6.03. The van der Waals surface area contributed by atoms with Crippen molar-refractivity contribution in [2.75, 3.05) is 33.9 Å². The van der Waals surface area contributed by atoms with E-state index in [1.807, 2.05) is 38.1 Å². The van der Waals surface area contributed by atoms with Crippen LogP contribution in [0.5, 0.6) is 5.75 Å². The van der Waals surface area contributed by atoms with Crippen molar-refractivity contribution < 1.29 is 9.47 Å².